The van der Waals surface area contributed by atoms with Crippen LogP contribution in [-0.4, -0.2) is 60.8 Å². The summed E-state index contributed by atoms with van der Waals surface area (Å²) in [5.74, 6) is 0.715. The summed E-state index contributed by atoms with van der Waals surface area (Å²) in [4.78, 5) is 17.0. The zero-order valence-electron chi connectivity index (χ0n) is 16.4. The molecule has 5 nitrogen and oxygen atoms in total. The van der Waals surface area contributed by atoms with E-state index >= 15 is 0 Å². The lowest BCUT2D eigenvalue weighted by Gasteiger charge is -2.45. The topological polar surface area (TPSA) is 44.8 Å². The number of nitrogens with one attached hydrogen (secondary N) is 1. The van der Waals surface area contributed by atoms with Crippen LogP contribution in [0.25, 0.3) is 0 Å². The van der Waals surface area contributed by atoms with Crippen LogP contribution in [0.2, 0.25) is 0 Å². The number of carbonyl (C=O) groups is 1. The number of rotatable bonds is 3. The molecule has 0 unspecified atom stereocenters. The summed E-state index contributed by atoms with van der Waals surface area (Å²) in [5, 5.41) is 3.00. The average Bonchev–Trinajstić information content (AvgIpc) is 2.72. The second-order valence-electron chi connectivity index (χ2n) is 8.52. The highest BCUT2D eigenvalue weighted by molar-refractivity contribution is 5.89. The first kappa shape index (κ1) is 18.8. The number of anilines is 1. The highest BCUT2D eigenvalue weighted by atomic mass is 16.5. The zero-order valence-corrected chi connectivity index (χ0v) is 16.4. The van der Waals surface area contributed by atoms with Crippen LogP contribution in [-0.2, 0) is 4.74 Å². The Morgan fingerprint density at radius 3 is 2.44 bits per heavy atom. The third-order valence-corrected chi connectivity index (χ3v) is 6.65. The number of amides is 2. The van der Waals surface area contributed by atoms with E-state index in [1.165, 1.54) is 51.7 Å². The van der Waals surface area contributed by atoms with Gasteiger partial charge < -0.3 is 19.9 Å². The number of benzene rings is 1. The van der Waals surface area contributed by atoms with E-state index in [4.69, 9.17) is 4.74 Å². The monoisotopic (exact) mass is 371 g/mol. The van der Waals surface area contributed by atoms with Crippen molar-refractivity contribution in [2.75, 3.05) is 44.6 Å². The first-order valence-corrected chi connectivity index (χ1v) is 10.7. The standard InChI is InChI=1S/C22H33N3O2/c26-21(23-20-6-2-1-3-7-20)25-13-8-19(9-14-25)18-24-15-11-22(12-16-24)10-4-5-17-27-22/h1-3,6-7,19H,4-5,8-18H2,(H,23,26). The predicted molar refractivity (Wildman–Crippen MR) is 108 cm³/mol. The molecule has 0 aromatic heterocycles. The molecular weight excluding hydrogens is 338 g/mol. The normalized spacial score (nSPS) is 24.1. The van der Waals surface area contributed by atoms with Gasteiger partial charge >= 0.3 is 6.03 Å². The number of para-hydroxylation sites is 1. The molecule has 0 saturated carbocycles. The second-order valence-corrected chi connectivity index (χ2v) is 8.52. The molecule has 4 rings (SSSR count). The first-order chi connectivity index (χ1) is 13.2. The maximum absolute atomic E-state index is 12.4. The van der Waals surface area contributed by atoms with Gasteiger partial charge in [0, 0.05) is 45.0 Å². The summed E-state index contributed by atoms with van der Waals surface area (Å²) >= 11 is 0. The van der Waals surface area contributed by atoms with Crippen LogP contribution in [0.4, 0.5) is 10.5 Å². The molecule has 0 radical (unpaired) electrons. The molecule has 3 fully saturated rings. The first-order valence-electron chi connectivity index (χ1n) is 10.7. The summed E-state index contributed by atoms with van der Waals surface area (Å²) in [6, 6.07) is 9.76. The lowest BCUT2D eigenvalue weighted by molar-refractivity contribution is -0.112. The van der Waals surface area contributed by atoms with Crippen molar-refractivity contribution < 1.29 is 9.53 Å². The van der Waals surface area contributed by atoms with Gasteiger partial charge in [-0.05, 0) is 63.0 Å². The van der Waals surface area contributed by atoms with E-state index in [-0.39, 0.29) is 11.6 Å². The van der Waals surface area contributed by atoms with Crippen molar-refractivity contribution in [2.45, 2.75) is 50.5 Å². The average molecular weight is 372 g/mol. The largest absolute Gasteiger partial charge is 0.375 e. The molecule has 1 aromatic rings. The fourth-order valence-corrected chi connectivity index (χ4v) is 4.86. The Morgan fingerprint density at radius 1 is 1.04 bits per heavy atom. The van der Waals surface area contributed by atoms with Crippen LogP contribution in [0, 0.1) is 5.92 Å². The SMILES string of the molecule is O=C(Nc1ccccc1)N1CCC(CN2CCC3(CCCCO3)CC2)CC1. The molecule has 1 aromatic carbocycles. The molecule has 0 aliphatic carbocycles. The quantitative estimate of drug-likeness (QED) is 0.874. The highest BCUT2D eigenvalue weighted by Gasteiger charge is 2.37. The maximum atomic E-state index is 12.4. The Hall–Kier alpha value is -1.59. The lowest BCUT2D eigenvalue weighted by atomic mass is 9.84. The highest BCUT2D eigenvalue weighted by Crippen LogP contribution is 2.35. The Balaban J connectivity index is 1.18. The van der Waals surface area contributed by atoms with E-state index in [0.29, 0.717) is 5.92 Å². The van der Waals surface area contributed by atoms with Crippen LogP contribution < -0.4 is 5.32 Å². The molecule has 3 aliphatic rings. The van der Waals surface area contributed by atoms with Crippen molar-refractivity contribution >= 4 is 11.7 Å². The minimum atomic E-state index is 0.0361. The van der Waals surface area contributed by atoms with Crippen molar-refractivity contribution in [3.63, 3.8) is 0 Å². The molecular formula is C22H33N3O2. The summed E-state index contributed by atoms with van der Waals surface area (Å²) in [6.45, 7) is 6.23. The van der Waals surface area contributed by atoms with E-state index in [1.807, 2.05) is 35.2 Å². The molecule has 2 amide bonds. The number of ether oxygens (including phenoxy) is 1. The van der Waals surface area contributed by atoms with Gasteiger partial charge in [-0.3, -0.25) is 0 Å². The molecule has 5 heteroatoms. The van der Waals surface area contributed by atoms with Crippen LogP contribution in [0.5, 0.6) is 0 Å². The Kier molecular flexibility index (Phi) is 5.98. The fraction of sp³-hybridized carbons (Fsp3) is 0.682. The van der Waals surface area contributed by atoms with Gasteiger partial charge in [0.2, 0.25) is 0 Å². The van der Waals surface area contributed by atoms with E-state index < -0.39 is 0 Å². The molecule has 148 valence electrons. The van der Waals surface area contributed by atoms with E-state index in [1.54, 1.807) is 0 Å². The summed E-state index contributed by atoms with van der Waals surface area (Å²) in [5.41, 5.74) is 1.07. The van der Waals surface area contributed by atoms with Crippen LogP contribution in [0.15, 0.2) is 30.3 Å². The lowest BCUT2D eigenvalue weighted by Crippen LogP contribution is -2.49. The number of hydrogen-bond acceptors (Lipinski definition) is 3. The number of carbonyl (C=O) groups excluding carboxylic acids is 1. The van der Waals surface area contributed by atoms with Gasteiger partial charge in [-0.25, -0.2) is 4.79 Å². The third-order valence-electron chi connectivity index (χ3n) is 6.65. The number of hydrogen-bond donors (Lipinski definition) is 1. The molecule has 3 heterocycles. The fourth-order valence-electron chi connectivity index (χ4n) is 4.86. The van der Waals surface area contributed by atoms with Gasteiger partial charge in [-0.1, -0.05) is 18.2 Å². The smallest absolute Gasteiger partial charge is 0.321 e. The number of nitrogens with zero attached hydrogens (tertiary/aromatic N) is 2. The molecule has 1 N–H and O–H groups in total. The summed E-state index contributed by atoms with van der Waals surface area (Å²) in [6.07, 6.45) is 8.46. The zero-order chi connectivity index (χ0) is 18.5. The summed E-state index contributed by atoms with van der Waals surface area (Å²) < 4.78 is 6.16. The maximum Gasteiger partial charge on any atom is 0.321 e. The minimum Gasteiger partial charge on any atom is -0.375 e. The minimum absolute atomic E-state index is 0.0361. The van der Waals surface area contributed by atoms with Crippen molar-refractivity contribution in [3.8, 4) is 0 Å². The second kappa shape index (κ2) is 8.61. The molecule has 0 bridgehead atoms. The number of piperidine rings is 2. The van der Waals surface area contributed by atoms with Gasteiger partial charge in [0.05, 0.1) is 5.60 Å². The Bertz CT molecular complexity index is 597. The Labute approximate surface area is 163 Å². The van der Waals surface area contributed by atoms with Gasteiger partial charge in [-0.2, -0.15) is 0 Å². The number of urea groups is 1. The molecule has 27 heavy (non-hydrogen) atoms. The third kappa shape index (κ3) is 4.82. The van der Waals surface area contributed by atoms with E-state index in [9.17, 15) is 4.79 Å². The van der Waals surface area contributed by atoms with Crippen molar-refractivity contribution in [3.05, 3.63) is 30.3 Å². The summed E-state index contributed by atoms with van der Waals surface area (Å²) in [7, 11) is 0. The van der Waals surface area contributed by atoms with Crippen LogP contribution in [0.1, 0.15) is 44.9 Å². The molecule has 0 atom stereocenters. The van der Waals surface area contributed by atoms with Crippen LogP contribution in [0.3, 0.4) is 0 Å². The Morgan fingerprint density at radius 2 is 1.78 bits per heavy atom. The van der Waals surface area contributed by atoms with Gasteiger partial charge in [0.1, 0.15) is 0 Å². The number of likely N-dealkylation sites (tertiary alicyclic amines) is 2. The van der Waals surface area contributed by atoms with Gasteiger partial charge in [-0.15, -0.1) is 0 Å². The van der Waals surface area contributed by atoms with Crippen molar-refractivity contribution in [1.82, 2.24) is 9.80 Å². The van der Waals surface area contributed by atoms with Crippen LogP contribution >= 0.6 is 0 Å². The van der Waals surface area contributed by atoms with Crippen molar-refractivity contribution in [2.24, 2.45) is 5.92 Å². The van der Waals surface area contributed by atoms with E-state index in [0.717, 1.165) is 38.2 Å². The van der Waals surface area contributed by atoms with Crippen molar-refractivity contribution in [1.29, 1.82) is 0 Å². The van der Waals surface area contributed by atoms with E-state index in [2.05, 4.69) is 10.2 Å². The predicted octanol–water partition coefficient (Wildman–Crippen LogP) is 3.97. The molecule has 1 spiro atoms. The molecule has 3 aliphatic heterocycles. The van der Waals surface area contributed by atoms with Gasteiger partial charge in [0.25, 0.3) is 0 Å². The molecule has 3 saturated heterocycles. The van der Waals surface area contributed by atoms with Gasteiger partial charge in [0.15, 0.2) is 0 Å².